The van der Waals surface area contributed by atoms with Gasteiger partial charge in [-0.2, -0.15) is 0 Å². The highest BCUT2D eigenvalue weighted by molar-refractivity contribution is 5.71. The molecule has 0 rings (SSSR count). The molecular weight excluding hydrogens is 973 g/mol. The van der Waals surface area contributed by atoms with Gasteiger partial charge in [0.15, 0.2) is 6.10 Å². The first kappa shape index (κ1) is 74.5. The summed E-state index contributed by atoms with van der Waals surface area (Å²) in [5.74, 6) is -0.914. The van der Waals surface area contributed by atoms with Gasteiger partial charge in [-0.05, 0) is 135 Å². The third-order valence-corrected chi connectivity index (χ3v) is 13.6. The molecule has 0 N–H and O–H groups in total. The largest absolute Gasteiger partial charge is 0.462 e. The standard InChI is InChI=1S/C73H120O6/c1-4-7-10-13-16-19-22-24-26-28-29-30-31-32-33-34-35-36-37-38-39-40-41-42-43-45-46-48-51-54-57-60-63-66-72(75)78-69-70(68-77-71(74)65-62-59-56-53-50-21-18-15-12-9-6-3)79-73(76)67-64-61-58-55-52-49-47-44-27-25-23-20-17-14-11-8-5-2/h7,10,15-20,24-27,29-30,32-33,35-36,38-39,41-42,70H,4-6,8-9,11-14,21-23,28,31,34,37,40,43-69H2,1-3H3/b10-7-,18-15-,19-16-,20-17-,26-24-,27-25-,30-29-,33-32-,36-35-,39-38-,42-41-. The lowest BCUT2D eigenvalue weighted by molar-refractivity contribution is -0.167. The Morgan fingerprint density at radius 3 is 0.823 bits per heavy atom. The van der Waals surface area contributed by atoms with E-state index in [1.165, 1.54) is 109 Å². The molecule has 6 heteroatoms. The first-order valence-corrected chi connectivity index (χ1v) is 32.7. The Morgan fingerprint density at radius 2 is 0.506 bits per heavy atom. The van der Waals surface area contributed by atoms with Crippen molar-refractivity contribution in [1.82, 2.24) is 0 Å². The average molecular weight is 1090 g/mol. The number of carbonyl (C=O) groups is 3. The molecular formula is C73H120O6. The Balaban J connectivity index is 4.26. The van der Waals surface area contributed by atoms with Crippen LogP contribution < -0.4 is 0 Å². The van der Waals surface area contributed by atoms with E-state index in [9.17, 15) is 14.4 Å². The van der Waals surface area contributed by atoms with Crippen molar-refractivity contribution in [3.63, 3.8) is 0 Å². The minimum Gasteiger partial charge on any atom is -0.462 e. The molecule has 0 saturated carbocycles. The van der Waals surface area contributed by atoms with Gasteiger partial charge in [0, 0.05) is 19.3 Å². The fraction of sp³-hybridized carbons (Fsp3) is 0.658. The van der Waals surface area contributed by atoms with Crippen LogP contribution in [0.1, 0.15) is 290 Å². The van der Waals surface area contributed by atoms with Crippen LogP contribution >= 0.6 is 0 Å². The highest BCUT2D eigenvalue weighted by Crippen LogP contribution is 2.15. The fourth-order valence-corrected chi connectivity index (χ4v) is 8.70. The number of carbonyl (C=O) groups excluding carboxylic acids is 3. The number of unbranched alkanes of at least 4 members (excludes halogenated alkanes) is 25. The van der Waals surface area contributed by atoms with Crippen LogP contribution in [-0.2, 0) is 28.6 Å². The lowest BCUT2D eigenvalue weighted by Crippen LogP contribution is -2.30. The molecule has 448 valence electrons. The first-order chi connectivity index (χ1) is 39.0. The molecule has 0 aliphatic rings. The summed E-state index contributed by atoms with van der Waals surface area (Å²) in [5, 5.41) is 0. The van der Waals surface area contributed by atoms with E-state index in [0.29, 0.717) is 19.3 Å². The van der Waals surface area contributed by atoms with Gasteiger partial charge in [-0.1, -0.05) is 270 Å². The van der Waals surface area contributed by atoms with Crippen molar-refractivity contribution < 1.29 is 28.6 Å². The van der Waals surface area contributed by atoms with Crippen molar-refractivity contribution in [3.8, 4) is 0 Å². The summed E-state index contributed by atoms with van der Waals surface area (Å²) in [5.41, 5.74) is 0. The van der Waals surface area contributed by atoms with Gasteiger partial charge in [-0.15, -0.1) is 0 Å². The number of hydrogen-bond acceptors (Lipinski definition) is 6. The molecule has 79 heavy (non-hydrogen) atoms. The Labute approximate surface area is 487 Å². The Morgan fingerprint density at radius 1 is 0.266 bits per heavy atom. The third kappa shape index (κ3) is 64.3. The number of allylic oxidation sites excluding steroid dienone is 22. The Bertz CT molecular complexity index is 1680. The highest BCUT2D eigenvalue weighted by atomic mass is 16.6. The van der Waals surface area contributed by atoms with Gasteiger partial charge in [0.25, 0.3) is 0 Å². The lowest BCUT2D eigenvalue weighted by Gasteiger charge is -2.18. The fourth-order valence-electron chi connectivity index (χ4n) is 8.70. The van der Waals surface area contributed by atoms with Crippen molar-refractivity contribution >= 4 is 17.9 Å². The molecule has 0 bridgehead atoms. The van der Waals surface area contributed by atoms with Gasteiger partial charge in [0.2, 0.25) is 0 Å². The molecule has 0 amide bonds. The van der Waals surface area contributed by atoms with E-state index < -0.39 is 6.10 Å². The van der Waals surface area contributed by atoms with E-state index in [1.807, 2.05) is 0 Å². The number of ether oxygens (including phenoxy) is 3. The van der Waals surface area contributed by atoms with Crippen molar-refractivity contribution in [3.05, 3.63) is 134 Å². The molecule has 1 unspecified atom stereocenters. The average Bonchev–Trinajstić information content (AvgIpc) is 3.45. The minimum atomic E-state index is -0.793. The summed E-state index contributed by atoms with van der Waals surface area (Å²) in [6.07, 6.45) is 93.2. The number of esters is 3. The lowest BCUT2D eigenvalue weighted by atomic mass is 10.1. The van der Waals surface area contributed by atoms with Crippen molar-refractivity contribution in [1.29, 1.82) is 0 Å². The summed E-state index contributed by atoms with van der Waals surface area (Å²) in [6.45, 7) is 6.45. The predicted molar refractivity (Wildman–Crippen MR) is 343 cm³/mol. The van der Waals surface area contributed by atoms with Gasteiger partial charge in [-0.3, -0.25) is 14.4 Å². The van der Waals surface area contributed by atoms with Crippen molar-refractivity contribution in [2.75, 3.05) is 13.2 Å². The minimum absolute atomic E-state index is 0.0902. The normalized spacial score (nSPS) is 13.0. The molecule has 0 spiro atoms. The summed E-state index contributed by atoms with van der Waals surface area (Å²) in [7, 11) is 0. The first-order valence-electron chi connectivity index (χ1n) is 32.7. The maximum absolute atomic E-state index is 12.9. The van der Waals surface area contributed by atoms with Gasteiger partial charge in [0.1, 0.15) is 13.2 Å². The van der Waals surface area contributed by atoms with Crippen LogP contribution in [0.2, 0.25) is 0 Å². The van der Waals surface area contributed by atoms with E-state index in [4.69, 9.17) is 14.2 Å². The van der Waals surface area contributed by atoms with Crippen LogP contribution in [0.3, 0.4) is 0 Å². The van der Waals surface area contributed by atoms with Crippen molar-refractivity contribution in [2.45, 2.75) is 297 Å². The molecule has 0 aromatic rings. The summed E-state index contributed by atoms with van der Waals surface area (Å²) in [6, 6.07) is 0. The second-order valence-corrected chi connectivity index (χ2v) is 21.3. The van der Waals surface area contributed by atoms with Crippen LogP contribution in [0.4, 0.5) is 0 Å². The molecule has 0 aromatic heterocycles. The number of rotatable bonds is 58. The number of hydrogen-bond donors (Lipinski definition) is 0. The van der Waals surface area contributed by atoms with Gasteiger partial charge >= 0.3 is 17.9 Å². The third-order valence-electron chi connectivity index (χ3n) is 13.6. The van der Waals surface area contributed by atoms with E-state index in [1.54, 1.807) is 0 Å². The maximum atomic E-state index is 12.9. The van der Waals surface area contributed by atoms with Crippen LogP contribution in [0.15, 0.2) is 134 Å². The monoisotopic (exact) mass is 1090 g/mol. The molecule has 1 atom stereocenters. The highest BCUT2D eigenvalue weighted by Gasteiger charge is 2.19. The second kappa shape index (κ2) is 66.1. The Hall–Kier alpha value is -4.45. The maximum Gasteiger partial charge on any atom is 0.306 e. The second-order valence-electron chi connectivity index (χ2n) is 21.3. The smallest absolute Gasteiger partial charge is 0.306 e. The van der Waals surface area contributed by atoms with Gasteiger partial charge in [-0.25, -0.2) is 0 Å². The molecule has 0 radical (unpaired) electrons. The van der Waals surface area contributed by atoms with E-state index in [-0.39, 0.29) is 31.1 Å². The quantitative estimate of drug-likeness (QED) is 0.0261. The molecule has 0 saturated heterocycles. The predicted octanol–water partition coefficient (Wildman–Crippen LogP) is 22.5. The van der Waals surface area contributed by atoms with Crippen LogP contribution in [-0.4, -0.2) is 37.2 Å². The SMILES string of the molecule is CC/C=C\C/C=C\C/C=C\C/C=C\C/C=C\C/C=C\C/C=C\C/C=C\CCCCCCCCCCC(=O)OCC(COC(=O)CCCCCCC/C=C\CCCC)OC(=O)CCCCCCCCC/C=C\C/C=C\CCCCC. The van der Waals surface area contributed by atoms with Crippen LogP contribution in [0, 0.1) is 0 Å². The van der Waals surface area contributed by atoms with Gasteiger partial charge in [0.05, 0.1) is 0 Å². The van der Waals surface area contributed by atoms with Crippen molar-refractivity contribution in [2.24, 2.45) is 0 Å². The molecule has 0 aliphatic heterocycles. The molecule has 0 aromatic carbocycles. The summed E-state index contributed by atoms with van der Waals surface area (Å²) >= 11 is 0. The molecule has 0 heterocycles. The Kier molecular flexibility index (Phi) is 62.3. The molecule has 0 fully saturated rings. The summed E-state index contributed by atoms with van der Waals surface area (Å²) < 4.78 is 16.9. The van der Waals surface area contributed by atoms with Crippen LogP contribution in [0.25, 0.3) is 0 Å². The zero-order chi connectivity index (χ0) is 57.1. The van der Waals surface area contributed by atoms with Crippen LogP contribution in [0.5, 0.6) is 0 Å². The zero-order valence-corrected chi connectivity index (χ0v) is 51.3. The summed E-state index contributed by atoms with van der Waals surface area (Å²) in [4.78, 5) is 38.2. The zero-order valence-electron chi connectivity index (χ0n) is 51.3. The van der Waals surface area contributed by atoms with E-state index in [2.05, 4.69) is 154 Å². The molecule has 0 aliphatic carbocycles. The topological polar surface area (TPSA) is 78.9 Å². The van der Waals surface area contributed by atoms with Gasteiger partial charge < -0.3 is 14.2 Å². The van der Waals surface area contributed by atoms with E-state index >= 15 is 0 Å². The molecule has 6 nitrogen and oxygen atoms in total. The van der Waals surface area contributed by atoms with E-state index in [0.717, 1.165) is 141 Å².